The summed E-state index contributed by atoms with van der Waals surface area (Å²) < 4.78 is 5.93. The fourth-order valence-electron chi connectivity index (χ4n) is 4.31. The van der Waals surface area contributed by atoms with Crippen LogP contribution in [0.5, 0.6) is 11.5 Å². The van der Waals surface area contributed by atoms with Crippen LogP contribution in [0.25, 0.3) is 0 Å². The van der Waals surface area contributed by atoms with Crippen molar-refractivity contribution in [2.45, 2.75) is 57.1 Å². The van der Waals surface area contributed by atoms with Crippen molar-refractivity contribution in [3.63, 3.8) is 0 Å². The van der Waals surface area contributed by atoms with Gasteiger partial charge in [0.1, 0.15) is 0 Å². The lowest BCUT2D eigenvalue weighted by Gasteiger charge is -2.37. The highest BCUT2D eigenvalue weighted by Gasteiger charge is 2.48. The molecule has 6 heteroatoms. The monoisotopic (exact) mass is 468 g/mol. The Kier molecular flexibility index (Phi) is 9.70. The van der Waals surface area contributed by atoms with Gasteiger partial charge in [-0.1, -0.05) is 37.6 Å². The molecule has 0 aliphatic carbocycles. The first-order valence-electron chi connectivity index (χ1n) is 11.2. The predicted molar refractivity (Wildman–Crippen MR) is 138 cm³/mol. The molecule has 0 spiro atoms. The number of hydrogen-bond donors (Lipinski definition) is 2. The number of aromatic hydroxyl groups is 1. The van der Waals surface area contributed by atoms with Crippen LogP contribution < -0.4 is 10.1 Å². The number of terminal acetylenes is 1. The largest absolute Gasteiger partial charge is 0.504 e. The van der Waals surface area contributed by atoms with Gasteiger partial charge in [-0.25, -0.2) is 0 Å². The average molecular weight is 469 g/mol. The minimum atomic E-state index is -0.320. The molecule has 3 atom stereocenters. The highest BCUT2D eigenvalue weighted by molar-refractivity contribution is 8.05. The molecule has 1 aromatic rings. The van der Waals surface area contributed by atoms with E-state index in [0.717, 1.165) is 36.3 Å². The molecule has 1 aromatic carbocycles. The van der Waals surface area contributed by atoms with E-state index >= 15 is 0 Å². The van der Waals surface area contributed by atoms with Gasteiger partial charge in [-0.3, -0.25) is 4.79 Å². The summed E-state index contributed by atoms with van der Waals surface area (Å²) >= 11 is 1.48. The Morgan fingerprint density at radius 1 is 1.52 bits per heavy atom. The minimum absolute atomic E-state index is 0.00648. The molecule has 0 saturated carbocycles. The summed E-state index contributed by atoms with van der Waals surface area (Å²) in [5.41, 5.74) is 2.09. The molecule has 2 heterocycles. The van der Waals surface area contributed by atoms with E-state index in [1.54, 1.807) is 13.1 Å². The van der Waals surface area contributed by atoms with Gasteiger partial charge in [0.25, 0.3) is 0 Å². The zero-order valence-corrected chi connectivity index (χ0v) is 21.0. The molecular formula is C27H36N2O3S. The molecule has 178 valence electrons. The number of likely N-dealkylation sites (N-methyl/N-ethyl adjacent to an activating group) is 1. The van der Waals surface area contributed by atoms with Crippen LogP contribution in [0, 0.1) is 12.3 Å². The number of nitrogens with zero attached hydrogens (tertiary/aromatic N) is 1. The Hall–Kier alpha value is -2.62. The van der Waals surface area contributed by atoms with Gasteiger partial charge in [-0.2, -0.15) is 0 Å². The lowest BCUT2D eigenvalue weighted by molar-refractivity contribution is -0.119. The van der Waals surface area contributed by atoms with Crippen molar-refractivity contribution in [3.8, 4) is 23.8 Å². The molecule has 0 bridgehead atoms. The van der Waals surface area contributed by atoms with Crippen LogP contribution in [-0.4, -0.2) is 48.7 Å². The number of rotatable bonds is 6. The number of benzene rings is 1. The van der Waals surface area contributed by atoms with Crippen LogP contribution in [0.3, 0.4) is 0 Å². The molecule has 0 aromatic heterocycles. The van der Waals surface area contributed by atoms with Crippen molar-refractivity contribution in [3.05, 3.63) is 58.9 Å². The summed E-state index contributed by atoms with van der Waals surface area (Å²) in [5, 5.41) is 14.6. The van der Waals surface area contributed by atoms with Gasteiger partial charge in [0.15, 0.2) is 17.6 Å². The van der Waals surface area contributed by atoms with Gasteiger partial charge in [-0.05, 0) is 61.7 Å². The second-order valence-electron chi connectivity index (χ2n) is 8.62. The Balaban J connectivity index is 0.000000299. The SMILES string of the molecule is C#CC1Oc2c(O)ccc3c2C1(C)CCN(C)C(CC=C)C3.C=C(CC(=O)NC)S/C=C\C. The Labute approximate surface area is 203 Å². The third-order valence-electron chi connectivity index (χ3n) is 6.27. The van der Waals surface area contributed by atoms with Crippen LogP contribution >= 0.6 is 11.8 Å². The molecule has 33 heavy (non-hydrogen) atoms. The minimum Gasteiger partial charge on any atom is -0.504 e. The lowest BCUT2D eigenvalue weighted by atomic mass is 9.72. The molecule has 5 nitrogen and oxygen atoms in total. The number of carbonyl (C=O) groups is 1. The van der Waals surface area contributed by atoms with Crippen LogP contribution in [0.15, 0.2) is 47.8 Å². The first kappa shape index (κ1) is 26.6. The normalized spacial score (nSPS) is 23.7. The summed E-state index contributed by atoms with van der Waals surface area (Å²) in [6.07, 6.45) is 12.4. The van der Waals surface area contributed by atoms with E-state index in [9.17, 15) is 9.90 Å². The van der Waals surface area contributed by atoms with Gasteiger partial charge in [0, 0.05) is 24.1 Å². The number of ether oxygens (including phenoxy) is 1. The second-order valence-corrected chi connectivity index (χ2v) is 9.70. The standard InChI is InChI=1S/C19H23NO2.C8H13NOS/c1-5-7-14-12-13-8-9-15(21)18-17(13)19(3,10-11-20(14)4)16(6-2)22-18;1-4-5-11-7(2)6-8(10)9-3/h2,5,8-9,14,16,21H,1,7,10-12H2,3-4H3;4-5H,2,6H2,1,3H3,(H,9,10)/b;5-4-. The van der Waals surface area contributed by atoms with E-state index in [1.165, 1.54) is 17.3 Å². The van der Waals surface area contributed by atoms with E-state index in [2.05, 4.69) is 43.3 Å². The molecule has 2 aliphatic rings. The Morgan fingerprint density at radius 2 is 2.24 bits per heavy atom. The van der Waals surface area contributed by atoms with Crippen LogP contribution in [0.1, 0.15) is 44.2 Å². The summed E-state index contributed by atoms with van der Waals surface area (Å²) in [6, 6.07) is 4.16. The van der Waals surface area contributed by atoms with E-state index in [1.807, 2.05) is 30.6 Å². The van der Waals surface area contributed by atoms with Gasteiger partial charge >= 0.3 is 0 Å². The molecule has 3 rings (SSSR count). The number of amides is 1. The number of hydrogen-bond acceptors (Lipinski definition) is 5. The Bertz CT molecular complexity index is 949. The lowest BCUT2D eigenvalue weighted by Crippen LogP contribution is -2.43. The van der Waals surface area contributed by atoms with Crippen molar-refractivity contribution >= 4 is 17.7 Å². The topological polar surface area (TPSA) is 61.8 Å². The van der Waals surface area contributed by atoms with Crippen LogP contribution in [0.4, 0.5) is 0 Å². The van der Waals surface area contributed by atoms with E-state index in [0.29, 0.717) is 18.2 Å². The molecule has 0 saturated heterocycles. The second kappa shape index (κ2) is 12.0. The fourth-order valence-corrected chi connectivity index (χ4v) is 4.85. The molecule has 3 unspecified atom stereocenters. The van der Waals surface area contributed by atoms with E-state index in [-0.39, 0.29) is 23.2 Å². The highest BCUT2D eigenvalue weighted by Crippen LogP contribution is 2.51. The molecule has 0 fully saturated rings. The summed E-state index contributed by atoms with van der Waals surface area (Å²) in [5.74, 6) is 3.56. The van der Waals surface area contributed by atoms with Gasteiger partial charge in [-0.15, -0.1) is 24.8 Å². The number of phenolic OH excluding ortho intramolecular Hbond substituents is 1. The number of thioether (sulfide) groups is 1. The molecular weight excluding hydrogens is 432 g/mol. The van der Waals surface area contributed by atoms with Crippen molar-refractivity contribution < 1.29 is 14.6 Å². The zero-order valence-electron chi connectivity index (χ0n) is 20.2. The highest BCUT2D eigenvalue weighted by atomic mass is 32.2. The maximum absolute atomic E-state index is 10.8. The summed E-state index contributed by atoms with van der Waals surface area (Å²) in [7, 11) is 3.78. The van der Waals surface area contributed by atoms with Crippen molar-refractivity contribution in [1.29, 1.82) is 0 Å². The average Bonchev–Trinajstić information content (AvgIpc) is 3.10. The van der Waals surface area contributed by atoms with Crippen LogP contribution in [-0.2, 0) is 16.6 Å². The number of nitrogens with one attached hydrogen (secondary N) is 1. The number of carbonyl (C=O) groups excluding carboxylic acids is 1. The van der Waals surface area contributed by atoms with Crippen LogP contribution in [0.2, 0.25) is 0 Å². The quantitative estimate of drug-likeness (QED) is 0.465. The van der Waals surface area contributed by atoms with Gasteiger partial charge < -0.3 is 20.1 Å². The van der Waals surface area contributed by atoms with E-state index in [4.69, 9.17) is 11.2 Å². The van der Waals surface area contributed by atoms with Crippen molar-refractivity contribution in [2.24, 2.45) is 0 Å². The third-order valence-corrected chi connectivity index (χ3v) is 7.15. The fraction of sp³-hybridized carbons (Fsp3) is 0.444. The van der Waals surface area contributed by atoms with Crippen molar-refractivity contribution in [2.75, 3.05) is 20.6 Å². The van der Waals surface area contributed by atoms with E-state index < -0.39 is 0 Å². The smallest absolute Gasteiger partial charge is 0.224 e. The molecule has 2 N–H and O–H groups in total. The van der Waals surface area contributed by atoms with Crippen molar-refractivity contribution in [1.82, 2.24) is 10.2 Å². The summed E-state index contributed by atoms with van der Waals surface area (Å²) in [6.45, 7) is 12.7. The maximum Gasteiger partial charge on any atom is 0.224 e. The summed E-state index contributed by atoms with van der Waals surface area (Å²) in [4.78, 5) is 14.0. The first-order valence-corrected chi connectivity index (χ1v) is 12.0. The maximum atomic E-state index is 10.8. The zero-order chi connectivity index (χ0) is 24.6. The number of allylic oxidation sites excluding steroid dienone is 1. The first-order chi connectivity index (χ1) is 15.7. The number of phenols is 1. The Morgan fingerprint density at radius 3 is 2.85 bits per heavy atom. The van der Waals surface area contributed by atoms with Gasteiger partial charge in [0.05, 0.1) is 6.42 Å². The molecule has 0 radical (unpaired) electrons. The molecule has 1 amide bonds. The predicted octanol–water partition coefficient (Wildman–Crippen LogP) is 4.77. The van der Waals surface area contributed by atoms with Gasteiger partial charge in [0.2, 0.25) is 5.91 Å². The molecule has 2 aliphatic heterocycles. The third kappa shape index (κ3) is 6.25.